The van der Waals surface area contributed by atoms with Crippen LogP contribution in [0.2, 0.25) is 0 Å². The zero-order chi connectivity index (χ0) is 10.7. The molecule has 3 atom stereocenters. The van der Waals surface area contributed by atoms with Crippen molar-refractivity contribution < 1.29 is 5.11 Å². The van der Waals surface area contributed by atoms with Crippen molar-refractivity contribution in [2.45, 2.75) is 44.2 Å². The molecule has 0 spiro atoms. The van der Waals surface area contributed by atoms with Gasteiger partial charge in [0, 0.05) is 19.1 Å². The number of nitrogens with zero attached hydrogens (tertiary/aromatic N) is 1. The van der Waals surface area contributed by atoms with E-state index in [-0.39, 0.29) is 6.10 Å². The molecule has 3 nitrogen and oxygen atoms in total. The van der Waals surface area contributed by atoms with Crippen LogP contribution in [-0.2, 0) is 0 Å². The van der Waals surface area contributed by atoms with Crippen LogP contribution in [0.5, 0.6) is 0 Å². The van der Waals surface area contributed by atoms with Gasteiger partial charge in [-0.15, -0.1) is 0 Å². The first-order chi connectivity index (χ1) is 7.25. The predicted octanol–water partition coefficient (Wildman–Crippen LogP) is 0.831. The molecule has 1 saturated carbocycles. The molecule has 1 aliphatic carbocycles. The van der Waals surface area contributed by atoms with Crippen LogP contribution in [0.15, 0.2) is 0 Å². The Kier molecular flexibility index (Phi) is 4.00. The van der Waals surface area contributed by atoms with Gasteiger partial charge in [0.05, 0.1) is 6.10 Å². The lowest BCUT2D eigenvalue weighted by molar-refractivity contribution is 0.125. The van der Waals surface area contributed by atoms with Crippen molar-refractivity contribution in [3.8, 4) is 0 Å². The summed E-state index contributed by atoms with van der Waals surface area (Å²) in [6.07, 6.45) is 5.99. The van der Waals surface area contributed by atoms with E-state index in [2.05, 4.69) is 17.3 Å². The maximum absolute atomic E-state index is 9.72. The Bertz CT molecular complexity index is 198. The molecule has 2 aliphatic rings. The molecule has 3 heteroatoms. The van der Waals surface area contributed by atoms with Crippen LogP contribution < -0.4 is 5.32 Å². The maximum Gasteiger partial charge on any atom is 0.0580 e. The standard InChI is InChI=1S/C12H24N2O/c1-14-7-3-5-11(9-14)13-8-10-4-2-6-12(10)15/h10-13,15H,2-9H2,1H3. The monoisotopic (exact) mass is 212 g/mol. The molecule has 1 saturated heterocycles. The van der Waals surface area contributed by atoms with Gasteiger partial charge in [-0.1, -0.05) is 6.42 Å². The lowest BCUT2D eigenvalue weighted by Crippen LogP contribution is -2.46. The highest BCUT2D eigenvalue weighted by Gasteiger charge is 2.26. The lowest BCUT2D eigenvalue weighted by Gasteiger charge is -2.31. The first-order valence-electron chi connectivity index (χ1n) is 6.35. The fraction of sp³-hybridized carbons (Fsp3) is 1.00. The van der Waals surface area contributed by atoms with Crippen LogP contribution in [0.1, 0.15) is 32.1 Å². The summed E-state index contributed by atoms with van der Waals surface area (Å²) in [4.78, 5) is 2.40. The summed E-state index contributed by atoms with van der Waals surface area (Å²) >= 11 is 0. The van der Waals surface area contributed by atoms with Gasteiger partial charge in [0.1, 0.15) is 0 Å². The highest BCUT2D eigenvalue weighted by molar-refractivity contribution is 4.82. The maximum atomic E-state index is 9.72. The average Bonchev–Trinajstić information content (AvgIpc) is 2.61. The Morgan fingerprint density at radius 2 is 2.13 bits per heavy atom. The quantitative estimate of drug-likeness (QED) is 0.727. The van der Waals surface area contributed by atoms with E-state index in [4.69, 9.17) is 0 Å². The molecule has 0 radical (unpaired) electrons. The SMILES string of the molecule is CN1CCCC(NCC2CCCC2O)C1. The summed E-state index contributed by atoms with van der Waals surface area (Å²) in [5.74, 6) is 0.511. The van der Waals surface area contributed by atoms with Crippen molar-refractivity contribution in [1.82, 2.24) is 10.2 Å². The number of aliphatic hydroxyl groups is 1. The van der Waals surface area contributed by atoms with Crippen LogP contribution in [0, 0.1) is 5.92 Å². The molecule has 2 rings (SSSR count). The van der Waals surface area contributed by atoms with Crippen molar-refractivity contribution in [2.75, 3.05) is 26.7 Å². The molecule has 1 heterocycles. The molecule has 0 aromatic heterocycles. The summed E-state index contributed by atoms with van der Waals surface area (Å²) in [5.41, 5.74) is 0. The van der Waals surface area contributed by atoms with Crippen molar-refractivity contribution in [1.29, 1.82) is 0 Å². The van der Waals surface area contributed by atoms with E-state index < -0.39 is 0 Å². The normalized spacial score (nSPS) is 38.4. The summed E-state index contributed by atoms with van der Waals surface area (Å²) in [6.45, 7) is 3.42. The van der Waals surface area contributed by atoms with Crippen LogP contribution in [0.3, 0.4) is 0 Å². The minimum absolute atomic E-state index is 0.0428. The van der Waals surface area contributed by atoms with E-state index >= 15 is 0 Å². The first-order valence-corrected chi connectivity index (χ1v) is 6.35. The van der Waals surface area contributed by atoms with E-state index in [9.17, 15) is 5.11 Å². The zero-order valence-electron chi connectivity index (χ0n) is 9.78. The summed E-state index contributed by atoms with van der Waals surface area (Å²) in [5, 5.41) is 13.3. The molecule has 88 valence electrons. The van der Waals surface area contributed by atoms with Crippen molar-refractivity contribution in [3.05, 3.63) is 0 Å². The van der Waals surface area contributed by atoms with Gasteiger partial charge in [-0.25, -0.2) is 0 Å². The molecule has 2 fully saturated rings. The third kappa shape index (κ3) is 3.16. The zero-order valence-corrected chi connectivity index (χ0v) is 9.78. The van der Waals surface area contributed by atoms with Crippen LogP contribution in [-0.4, -0.2) is 48.8 Å². The molecule has 2 N–H and O–H groups in total. The number of hydrogen-bond acceptors (Lipinski definition) is 3. The third-order valence-corrected chi connectivity index (χ3v) is 3.91. The molecule has 0 aromatic carbocycles. The predicted molar refractivity (Wildman–Crippen MR) is 61.9 cm³/mol. The minimum Gasteiger partial charge on any atom is -0.393 e. The highest BCUT2D eigenvalue weighted by Crippen LogP contribution is 2.25. The molecule has 1 aliphatic heterocycles. The number of likely N-dealkylation sites (tertiary alicyclic amines) is 1. The Hall–Kier alpha value is -0.120. The Balaban J connectivity index is 1.68. The van der Waals surface area contributed by atoms with Gasteiger partial charge in [0.25, 0.3) is 0 Å². The van der Waals surface area contributed by atoms with E-state index in [1.54, 1.807) is 0 Å². The van der Waals surface area contributed by atoms with E-state index in [0.717, 1.165) is 13.0 Å². The Labute approximate surface area is 92.8 Å². The number of rotatable bonds is 3. The number of nitrogens with one attached hydrogen (secondary N) is 1. The van der Waals surface area contributed by atoms with Crippen molar-refractivity contribution in [2.24, 2.45) is 5.92 Å². The van der Waals surface area contributed by atoms with Gasteiger partial charge in [0.15, 0.2) is 0 Å². The first kappa shape index (κ1) is 11.4. The fourth-order valence-corrected chi connectivity index (χ4v) is 2.91. The van der Waals surface area contributed by atoms with Gasteiger partial charge in [-0.3, -0.25) is 0 Å². The molecular formula is C12H24N2O. The highest BCUT2D eigenvalue weighted by atomic mass is 16.3. The summed E-state index contributed by atoms with van der Waals surface area (Å²) < 4.78 is 0. The molecule has 0 bridgehead atoms. The van der Waals surface area contributed by atoms with Gasteiger partial charge >= 0.3 is 0 Å². The molecule has 15 heavy (non-hydrogen) atoms. The van der Waals surface area contributed by atoms with E-state index in [1.807, 2.05) is 0 Å². The van der Waals surface area contributed by atoms with Gasteiger partial charge < -0.3 is 15.3 Å². The van der Waals surface area contributed by atoms with E-state index in [0.29, 0.717) is 12.0 Å². The number of hydrogen-bond donors (Lipinski definition) is 2. The molecular weight excluding hydrogens is 188 g/mol. The van der Waals surface area contributed by atoms with Gasteiger partial charge in [0.2, 0.25) is 0 Å². The smallest absolute Gasteiger partial charge is 0.0580 e. The van der Waals surface area contributed by atoms with Crippen LogP contribution in [0.4, 0.5) is 0 Å². The summed E-state index contributed by atoms with van der Waals surface area (Å²) in [7, 11) is 2.19. The van der Waals surface area contributed by atoms with Crippen molar-refractivity contribution >= 4 is 0 Å². The largest absolute Gasteiger partial charge is 0.393 e. The Morgan fingerprint density at radius 1 is 1.27 bits per heavy atom. The molecule has 0 amide bonds. The topological polar surface area (TPSA) is 35.5 Å². The van der Waals surface area contributed by atoms with Crippen LogP contribution in [0.25, 0.3) is 0 Å². The second kappa shape index (κ2) is 5.28. The third-order valence-electron chi connectivity index (χ3n) is 3.91. The fourth-order valence-electron chi connectivity index (χ4n) is 2.91. The lowest BCUT2D eigenvalue weighted by atomic mass is 10.0. The summed E-state index contributed by atoms with van der Waals surface area (Å²) in [6, 6.07) is 0.650. The van der Waals surface area contributed by atoms with E-state index in [1.165, 1.54) is 38.8 Å². The number of piperidine rings is 1. The molecule has 0 aromatic rings. The number of likely N-dealkylation sites (N-methyl/N-ethyl adjacent to an activating group) is 1. The second-order valence-corrected chi connectivity index (χ2v) is 5.27. The van der Waals surface area contributed by atoms with Crippen molar-refractivity contribution in [3.63, 3.8) is 0 Å². The number of aliphatic hydroxyl groups excluding tert-OH is 1. The second-order valence-electron chi connectivity index (χ2n) is 5.27. The average molecular weight is 212 g/mol. The van der Waals surface area contributed by atoms with Gasteiger partial charge in [-0.2, -0.15) is 0 Å². The van der Waals surface area contributed by atoms with Crippen LogP contribution >= 0.6 is 0 Å². The van der Waals surface area contributed by atoms with Gasteiger partial charge in [-0.05, 0) is 45.2 Å². The molecule has 3 unspecified atom stereocenters. The minimum atomic E-state index is -0.0428. The Morgan fingerprint density at radius 3 is 2.80 bits per heavy atom.